The summed E-state index contributed by atoms with van der Waals surface area (Å²) in [5, 5.41) is 16.4. The van der Waals surface area contributed by atoms with Crippen LogP contribution in [-0.2, 0) is 27.2 Å². The quantitative estimate of drug-likeness (QED) is 0.715. The van der Waals surface area contributed by atoms with Gasteiger partial charge in [0, 0.05) is 30.1 Å². The van der Waals surface area contributed by atoms with Crippen LogP contribution in [-0.4, -0.2) is 46.3 Å². The van der Waals surface area contributed by atoms with Crippen LogP contribution in [0, 0.1) is 0 Å². The number of carbonyl (C=O) groups is 2. The monoisotopic (exact) mass is 451 g/mol. The minimum Gasteiger partial charge on any atom is -0.478 e. The molecule has 0 saturated heterocycles. The summed E-state index contributed by atoms with van der Waals surface area (Å²) in [5.41, 5.74) is 1.14. The van der Waals surface area contributed by atoms with Crippen LogP contribution in [0.5, 0.6) is 0 Å². The van der Waals surface area contributed by atoms with Crippen molar-refractivity contribution in [2.24, 2.45) is 0 Å². The number of aliphatic carboxylic acids is 1. The summed E-state index contributed by atoms with van der Waals surface area (Å²) in [6, 6.07) is 0. The highest BCUT2D eigenvalue weighted by atomic mass is 32.1. The molecular weight excluding hydrogens is 432 g/mol. The molecule has 11 heteroatoms. The van der Waals surface area contributed by atoms with Gasteiger partial charge < -0.3 is 19.7 Å². The van der Waals surface area contributed by atoms with E-state index in [2.05, 4.69) is 15.5 Å². The SMILES string of the molecule is O=C(O)C1=C(C(=O)Nc2sc3c(c2-c2nc(C4CC4)no2)CCC(F)(F)C3)COCC1. The summed E-state index contributed by atoms with van der Waals surface area (Å²) in [5.74, 6) is -3.62. The van der Waals surface area contributed by atoms with Gasteiger partial charge >= 0.3 is 5.97 Å². The molecule has 1 fully saturated rings. The van der Waals surface area contributed by atoms with Crippen molar-refractivity contribution in [2.75, 3.05) is 18.5 Å². The van der Waals surface area contributed by atoms with Crippen LogP contribution in [0.2, 0.25) is 0 Å². The Bertz CT molecular complexity index is 1100. The van der Waals surface area contributed by atoms with Gasteiger partial charge in [-0.2, -0.15) is 4.98 Å². The molecule has 8 nitrogen and oxygen atoms in total. The van der Waals surface area contributed by atoms with Gasteiger partial charge in [0.05, 0.1) is 29.9 Å². The second kappa shape index (κ2) is 7.49. The molecule has 0 bridgehead atoms. The highest BCUT2D eigenvalue weighted by molar-refractivity contribution is 7.17. The molecular formula is C20H19F2N3O5S. The standard InChI is InChI=1S/C20H19F2N3O5S/c21-20(22)5-3-11-13(7-20)31-18(14(11)17-23-15(25-30-17)9-1-2-9)24-16(26)12-8-29-6-4-10(12)19(27)28/h9H,1-8H2,(H,24,26)(H,27,28). The number of anilines is 1. The zero-order valence-corrected chi connectivity index (χ0v) is 17.2. The molecule has 5 rings (SSSR count). The molecule has 2 aromatic heterocycles. The molecule has 0 spiro atoms. The molecule has 1 saturated carbocycles. The van der Waals surface area contributed by atoms with E-state index in [-0.39, 0.29) is 55.4 Å². The molecule has 1 amide bonds. The minimum atomic E-state index is -2.82. The number of thiophene rings is 1. The molecule has 31 heavy (non-hydrogen) atoms. The Hall–Kier alpha value is -2.66. The number of hydrogen-bond donors (Lipinski definition) is 2. The van der Waals surface area contributed by atoms with Crippen molar-refractivity contribution in [2.45, 2.75) is 50.4 Å². The van der Waals surface area contributed by atoms with Gasteiger partial charge in [0.1, 0.15) is 5.00 Å². The Balaban J connectivity index is 1.53. The van der Waals surface area contributed by atoms with Crippen molar-refractivity contribution in [1.29, 1.82) is 0 Å². The zero-order chi connectivity index (χ0) is 21.8. The number of halogens is 2. The van der Waals surface area contributed by atoms with Crippen LogP contribution < -0.4 is 5.32 Å². The molecule has 0 radical (unpaired) electrons. The molecule has 2 aromatic rings. The highest BCUT2D eigenvalue weighted by Crippen LogP contribution is 2.48. The van der Waals surface area contributed by atoms with Crippen molar-refractivity contribution >= 4 is 28.2 Å². The van der Waals surface area contributed by atoms with E-state index in [1.54, 1.807) is 0 Å². The second-order valence-corrected chi connectivity index (χ2v) is 9.10. The number of hydrogen-bond acceptors (Lipinski definition) is 7. The maximum absolute atomic E-state index is 14.0. The molecule has 0 atom stereocenters. The Morgan fingerprint density at radius 3 is 2.77 bits per heavy atom. The Morgan fingerprint density at radius 2 is 2.03 bits per heavy atom. The molecule has 2 N–H and O–H groups in total. The zero-order valence-electron chi connectivity index (χ0n) is 16.4. The number of nitrogens with zero attached hydrogens (tertiary/aromatic N) is 2. The predicted molar refractivity (Wildman–Crippen MR) is 105 cm³/mol. The molecule has 1 aliphatic heterocycles. The average molecular weight is 451 g/mol. The van der Waals surface area contributed by atoms with Gasteiger partial charge in [-0.3, -0.25) is 4.79 Å². The summed E-state index contributed by atoms with van der Waals surface area (Å²) < 4.78 is 38.7. The van der Waals surface area contributed by atoms with E-state index in [1.807, 2.05) is 0 Å². The number of rotatable bonds is 5. The average Bonchev–Trinajstić information content (AvgIpc) is 3.36. The summed E-state index contributed by atoms with van der Waals surface area (Å²) in [6.45, 7) is 0.0936. The normalized spacial score (nSPS) is 20.5. The van der Waals surface area contributed by atoms with Gasteiger partial charge in [-0.25, -0.2) is 13.6 Å². The number of amides is 1. The Kier molecular flexibility index (Phi) is 4.89. The third kappa shape index (κ3) is 3.87. The minimum absolute atomic E-state index is 0.00744. The number of carbonyl (C=O) groups excluding carboxylic acids is 1. The number of nitrogens with one attached hydrogen (secondary N) is 1. The van der Waals surface area contributed by atoms with E-state index in [9.17, 15) is 23.5 Å². The molecule has 2 aliphatic carbocycles. The number of alkyl halides is 2. The lowest BCUT2D eigenvalue weighted by Gasteiger charge is -2.21. The second-order valence-electron chi connectivity index (χ2n) is 7.99. The van der Waals surface area contributed by atoms with Crippen LogP contribution in [0.15, 0.2) is 15.7 Å². The summed E-state index contributed by atoms with van der Waals surface area (Å²) >= 11 is 1.04. The maximum atomic E-state index is 14.0. The van der Waals surface area contributed by atoms with Crippen LogP contribution in [0.3, 0.4) is 0 Å². The molecule has 164 valence electrons. The third-order valence-electron chi connectivity index (χ3n) is 5.72. The van der Waals surface area contributed by atoms with Gasteiger partial charge in [0.2, 0.25) is 0 Å². The van der Waals surface area contributed by atoms with E-state index in [4.69, 9.17) is 9.26 Å². The Morgan fingerprint density at radius 1 is 1.23 bits per heavy atom. The Labute approximate surface area is 179 Å². The van der Waals surface area contributed by atoms with Gasteiger partial charge in [-0.1, -0.05) is 5.16 Å². The number of fused-ring (bicyclic) bond motifs is 1. The summed E-state index contributed by atoms with van der Waals surface area (Å²) in [4.78, 5) is 29.3. The van der Waals surface area contributed by atoms with E-state index in [0.717, 1.165) is 24.2 Å². The first-order chi connectivity index (χ1) is 14.8. The summed E-state index contributed by atoms with van der Waals surface area (Å²) in [7, 11) is 0. The maximum Gasteiger partial charge on any atom is 0.332 e. The number of carboxylic acids is 1. The van der Waals surface area contributed by atoms with Gasteiger partial charge in [-0.15, -0.1) is 11.3 Å². The fourth-order valence-corrected chi connectivity index (χ4v) is 5.23. The fraction of sp³-hybridized carbons (Fsp3) is 0.500. The fourth-order valence-electron chi connectivity index (χ4n) is 3.91. The summed E-state index contributed by atoms with van der Waals surface area (Å²) in [6.07, 6.45) is 1.46. The van der Waals surface area contributed by atoms with E-state index in [0.29, 0.717) is 26.8 Å². The lowest BCUT2D eigenvalue weighted by molar-refractivity contribution is -0.133. The van der Waals surface area contributed by atoms with Crippen molar-refractivity contribution in [3.8, 4) is 11.5 Å². The number of carboxylic acid groups (broad SMARTS) is 1. The van der Waals surface area contributed by atoms with Crippen LogP contribution in [0.1, 0.15) is 47.9 Å². The first-order valence-electron chi connectivity index (χ1n) is 10.0. The smallest absolute Gasteiger partial charge is 0.332 e. The van der Waals surface area contributed by atoms with E-state index < -0.39 is 24.2 Å². The largest absolute Gasteiger partial charge is 0.478 e. The van der Waals surface area contributed by atoms with Crippen molar-refractivity contribution in [3.05, 3.63) is 27.4 Å². The van der Waals surface area contributed by atoms with E-state index >= 15 is 0 Å². The lowest BCUT2D eigenvalue weighted by Crippen LogP contribution is -2.26. The van der Waals surface area contributed by atoms with Gasteiger partial charge in [0.15, 0.2) is 5.82 Å². The van der Waals surface area contributed by atoms with E-state index in [1.165, 1.54) is 0 Å². The molecule has 3 aliphatic rings. The van der Waals surface area contributed by atoms with Crippen LogP contribution in [0.25, 0.3) is 11.5 Å². The first-order valence-corrected chi connectivity index (χ1v) is 10.8. The molecule has 3 heterocycles. The molecule has 0 unspecified atom stereocenters. The third-order valence-corrected chi connectivity index (χ3v) is 6.86. The molecule has 0 aromatic carbocycles. The van der Waals surface area contributed by atoms with Crippen molar-refractivity contribution in [1.82, 2.24) is 10.1 Å². The van der Waals surface area contributed by atoms with Gasteiger partial charge in [0.25, 0.3) is 17.7 Å². The lowest BCUT2D eigenvalue weighted by atomic mass is 9.92. The first kappa shape index (κ1) is 20.3. The van der Waals surface area contributed by atoms with Crippen molar-refractivity contribution in [3.63, 3.8) is 0 Å². The number of aromatic nitrogens is 2. The van der Waals surface area contributed by atoms with Crippen molar-refractivity contribution < 1.29 is 32.7 Å². The number of ether oxygens (including phenoxy) is 1. The topological polar surface area (TPSA) is 115 Å². The predicted octanol–water partition coefficient (Wildman–Crippen LogP) is 3.54. The van der Waals surface area contributed by atoms with Crippen LogP contribution in [0.4, 0.5) is 13.8 Å². The highest BCUT2D eigenvalue weighted by Gasteiger charge is 2.39. The van der Waals surface area contributed by atoms with Crippen LogP contribution >= 0.6 is 11.3 Å². The van der Waals surface area contributed by atoms with Gasteiger partial charge in [-0.05, 0) is 24.8 Å².